The Morgan fingerprint density at radius 2 is 1.12 bits per heavy atom. The standard InChI is InChI=1S/C25H42/c1-3-5-6-7-21-10-14-23(15-11-21)25-18-16-24(17-19-25)22-12-8-20(4-2)9-13-22/h3-5,20-25H,2,6-19H2,1H3/t20-,21-,22-,23-,24-,25-. The van der Waals surface area contributed by atoms with Gasteiger partial charge in [0, 0.05) is 0 Å². The van der Waals surface area contributed by atoms with E-state index in [1.165, 1.54) is 51.4 Å². The summed E-state index contributed by atoms with van der Waals surface area (Å²) in [4.78, 5) is 0. The van der Waals surface area contributed by atoms with Crippen molar-refractivity contribution in [1.29, 1.82) is 0 Å². The summed E-state index contributed by atoms with van der Waals surface area (Å²) in [5.74, 6) is 6.14. The van der Waals surface area contributed by atoms with Crippen LogP contribution in [0.2, 0.25) is 0 Å². The fourth-order valence-corrected chi connectivity index (χ4v) is 6.39. The maximum Gasteiger partial charge on any atom is -0.0236 e. The van der Waals surface area contributed by atoms with Crippen molar-refractivity contribution in [2.75, 3.05) is 0 Å². The second-order valence-electron chi connectivity index (χ2n) is 9.51. The van der Waals surface area contributed by atoms with Crippen LogP contribution in [0.4, 0.5) is 0 Å². The van der Waals surface area contributed by atoms with E-state index in [1.54, 1.807) is 38.5 Å². The van der Waals surface area contributed by atoms with Gasteiger partial charge >= 0.3 is 0 Å². The van der Waals surface area contributed by atoms with Crippen molar-refractivity contribution >= 4 is 0 Å². The second kappa shape index (κ2) is 9.98. The fraction of sp³-hybridized carbons (Fsp3) is 0.840. The van der Waals surface area contributed by atoms with E-state index in [1.807, 2.05) is 0 Å². The van der Waals surface area contributed by atoms with Crippen molar-refractivity contribution < 1.29 is 0 Å². The van der Waals surface area contributed by atoms with Crippen LogP contribution in [-0.2, 0) is 0 Å². The SMILES string of the molecule is C=C[C@H]1CC[C@H]([C@H]2CC[C@H]([C@H]3CC[C@H](CCC=CC)CC3)CC2)CC1. The predicted octanol–water partition coefficient (Wildman–Crippen LogP) is 7.95. The van der Waals surface area contributed by atoms with Gasteiger partial charge in [-0.2, -0.15) is 0 Å². The molecule has 3 fully saturated rings. The van der Waals surface area contributed by atoms with Crippen LogP contribution in [0.3, 0.4) is 0 Å². The zero-order chi connectivity index (χ0) is 17.5. The summed E-state index contributed by atoms with van der Waals surface area (Å²) in [5.41, 5.74) is 0. The molecule has 0 heterocycles. The lowest BCUT2D eigenvalue weighted by atomic mass is 9.65. The first kappa shape index (κ1) is 19.2. The van der Waals surface area contributed by atoms with Crippen molar-refractivity contribution in [2.24, 2.45) is 35.5 Å². The van der Waals surface area contributed by atoms with Gasteiger partial charge in [0.25, 0.3) is 0 Å². The Bertz CT molecular complexity index is 396. The number of hydrogen-bond acceptors (Lipinski definition) is 0. The maximum atomic E-state index is 4.01. The lowest BCUT2D eigenvalue weighted by Crippen LogP contribution is -2.29. The average molecular weight is 343 g/mol. The van der Waals surface area contributed by atoms with Crippen molar-refractivity contribution in [3.05, 3.63) is 24.8 Å². The average Bonchev–Trinajstić information content (AvgIpc) is 2.69. The third-order valence-electron chi connectivity index (χ3n) is 8.17. The summed E-state index contributed by atoms with van der Waals surface area (Å²) in [7, 11) is 0. The highest BCUT2D eigenvalue weighted by molar-refractivity contribution is 4.89. The molecule has 0 aromatic heterocycles. The lowest BCUT2D eigenvalue weighted by Gasteiger charge is -2.41. The minimum Gasteiger partial charge on any atom is -0.103 e. The number of hydrogen-bond donors (Lipinski definition) is 0. The van der Waals surface area contributed by atoms with Crippen molar-refractivity contribution in [3.8, 4) is 0 Å². The smallest absolute Gasteiger partial charge is 0.0236 e. The maximum absolute atomic E-state index is 4.01. The normalized spacial score (nSPS) is 40.2. The fourth-order valence-electron chi connectivity index (χ4n) is 6.39. The molecule has 0 aliphatic heterocycles. The lowest BCUT2D eigenvalue weighted by molar-refractivity contribution is 0.107. The van der Waals surface area contributed by atoms with Crippen molar-refractivity contribution in [3.63, 3.8) is 0 Å². The monoisotopic (exact) mass is 342 g/mol. The molecule has 0 unspecified atom stereocenters. The van der Waals surface area contributed by atoms with Crippen LogP contribution < -0.4 is 0 Å². The van der Waals surface area contributed by atoms with E-state index < -0.39 is 0 Å². The van der Waals surface area contributed by atoms with E-state index >= 15 is 0 Å². The molecule has 0 atom stereocenters. The van der Waals surface area contributed by atoms with Gasteiger partial charge in [-0.1, -0.05) is 31.1 Å². The first-order valence-corrected chi connectivity index (χ1v) is 11.5. The highest BCUT2D eigenvalue weighted by atomic mass is 14.4. The number of rotatable bonds is 6. The van der Waals surface area contributed by atoms with E-state index in [0.717, 1.165) is 35.5 Å². The van der Waals surface area contributed by atoms with Gasteiger partial charge in [-0.05, 0) is 119 Å². The first-order valence-electron chi connectivity index (χ1n) is 11.5. The predicted molar refractivity (Wildman–Crippen MR) is 111 cm³/mol. The Labute approximate surface area is 157 Å². The summed E-state index contributed by atoms with van der Waals surface area (Å²) >= 11 is 0. The summed E-state index contributed by atoms with van der Waals surface area (Å²) < 4.78 is 0. The Hall–Kier alpha value is -0.520. The zero-order valence-electron chi connectivity index (χ0n) is 16.8. The molecule has 0 spiro atoms. The van der Waals surface area contributed by atoms with Crippen molar-refractivity contribution in [1.82, 2.24) is 0 Å². The van der Waals surface area contributed by atoms with Gasteiger partial charge in [0.1, 0.15) is 0 Å². The molecule has 0 saturated heterocycles. The molecule has 0 heteroatoms. The molecule has 0 aromatic rings. The number of allylic oxidation sites excluding steroid dienone is 3. The molecule has 0 bridgehead atoms. The largest absolute Gasteiger partial charge is 0.103 e. The van der Waals surface area contributed by atoms with Gasteiger partial charge in [-0.3, -0.25) is 0 Å². The van der Waals surface area contributed by atoms with E-state index in [-0.39, 0.29) is 0 Å². The third kappa shape index (κ3) is 5.48. The summed E-state index contributed by atoms with van der Waals surface area (Å²) in [6.45, 7) is 6.16. The van der Waals surface area contributed by atoms with E-state index in [4.69, 9.17) is 0 Å². The topological polar surface area (TPSA) is 0 Å². The quantitative estimate of drug-likeness (QED) is 0.430. The molecular formula is C25H42. The highest BCUT2D eigenvalue weighted by Gasteiger charge is 2.34. The Morgan fingerprint density at radius 1 is 0.680 bits per heavy atom. The van der Waals surface area contributed by atoms with Crippen LogP contribution in [0, 0.1) is 35.5 Å². The second-order valence-corrected chi connectivity index (χ2v) is 9.51. The molecule has 3 aliphatic rings. The molecule has 142 valence electrons. The molecule has 0 amide bonds. The molecule has 3 rings (SSSR count). The van der Waals surface area contributed by atoms with Gasteiger partial charge in [0.2, 0.25) is 0 Å². The van der Waals surface area contributed by atoms with Crippen LogP contribution in [-0.4, -0.2) is 0 Å². The molecule has 0 radical (unpaired) electrons. The Morgan fingerprint density at radius 3 is 1.56 bits per heavy atom. The molecule has 0 aromatic carbocycles. The van der Waals surface area contributed by atoms with E-state index in [2.05, 4.69) is 31.7 Å². The Kier molecular flexibility index (Phi) is 7.68. The molecular weight excluding hydrogens is 300 g/mol. The highest BCUT2D eigenvalue weighted by Crippen LogP contribution is 2.46. The molecule has 0 nitrogen and oxygen atoms in total. The van der Waals surface area contributed by atoms with Crippen LogP contribution in [0.5, 0.6) is 0 Å². The molecule has 3 saturated carbocycles. The molecule has 25 heavy (non-hydrogen) atoms. The van der Waals surface area contributed by atoms with Gasteiger partial charge in [-0.15, -0.1) is 6.58 Å². The summed E-state index contributed by atoms with van der Waals surface area (Å²) in [6.07, 6.45) is 27.7. The van der Waals surface area contributed by atoms with Gasteiger partial charge in [-0.25, -0.2) is 0 Å². The van der Waals surface area contributed by atoms with Crippen LogP contribution >= 0.6 is 0 Å². The van der Waals surface area contributed by atoms with E-state index in [9.17, 15) is 0 Å². The first-order chi connectivity index (χ1) is 12.3. The Balaban J connectivity index is 1.35. The van der Waals surface area contributed by atoms with Crippen molar-refractivity contribution in [2.45, 2.75) is 96.8 Å². The van der Waals surface area contributed by atoms with Gasteiger partial charge in [0.15, 0.2) is 0 Å². The minimum absolute atomic E-state index is 0.829. The zero-order valence-corrected chi connectivity index (χ0v) is 16.8. The molecule has 3 aliphatic carbocycles. The third-order valence-corrected chi connectivity index (χ3v) is 8.17. The van der Waals surface area contributed by atoms with Crippen LogP contribution in [0.25, 0.3) is 0 Å². The van der Waals surface area contributed by atoms with Gasteiger partial charge < -0.3 is 0 Å². The van der Waals surface area contributed by atoms with Crippen LogP contribution in [0.1, 0.15) is 96.8 Å². The summed E-state index contributed by atoms with van der Waals surface area (Å²) in [6, 6.07) is 0. The van der Waals surface area contributed by atoms with E-state index in [0.29, 0.717) is 0 Å². The van der Waals surface area contributed by atoms with Crippen LogP contribution in [0.15, 0.2) is 24.8 Å². The summed E-state index contributed by atoms with van der Waals surface area (Å²) in [5, 5.41) is 0. The minimum atomic E-state index is 0.829. The molecule has 0 N–H and O–H groups in total. The van der Waals surface area contributed by atoms with Gasteiger partial charge in [0.05, 0.1) is 0 Å².